The van der Waals surface area contributed by atoms with Crippen LogP contribution in [-0.4, -0.2) is 49.7 Å². The number of benzene rings is 1. The summed E-state index contributed by atoms with van der Waals surface area (Å²) in [5.74, 6) is 0.602. The van der Waals surface area contributed by atoms with Gasteiger partial charge in [-0.3, -0.25) is 4.79 Å². The molecule has 0 bridgehead atoms. The quantitative estimate of drug-likeness (QED) is 0.922. The van der Waals surface area contributed by atoms with Crippen LogP contribution in [0.5, 0.6) is 0 Å². The standard InChI is InChI=1S/C18H25FN2O2/c19-16-3-1-14(2-4-16)11-15-5-8-21(9-6-15)18(22)12-17-13-20-7-10-23-17/h1-4,15,17,20H,5-13H2. The number of amides is 1. The molecule has 2 saturated heterocycles. The number of piperidine rings is 1. The molecule has 126 valence electrons. The molecule has 1 amide bonds. The molecule has 1 aromatic carbocycles. The summed E-state index contributed by atoms with van der Waals surface area (Å²) in [4.78, 5) is 14.3. The summed E-state index contributed by atoms with van der Waals surface area (Å²) in [6.45, 7) is 3.99. The Morgan fingerprint density at radius 1 is 1.26 bits per heavy atom. The van der Waals surface area contributed by atoms with Gasteiger partial charge in [0.05, 0.1) is 19.1 Å². The van der Waals surface area contributed by atoms with E-state index in [1.165, 1.54) is 17.7 Å². The Hall–Kier alpha value is -1.46. The molecule has 1 atom stereocenters. The van der Waals surface area contributed by atoms with Gasteiger partial charge in [-0.2, -0.15) is 0 Å². The fourth-order valence-electron chi connectivity index (χ4n) is 3.42. The summed E-state index contributed by atoms with van der Waals surface area (Å²) in [7, 11) is 0. The third-order valence-corrected chi connectivity index (χ3v) is 4.81. The number of rotatable bonds is 4. The minimum absolute atomic E-state index is 0.0215. The second-order valence-electron chi connectivity index (χ2n) is 6.56. The van der Waals surface area contributed by atoms with Crippen molar-refractivity contribution in [1.82, 2.24) is 10.2 Å². The minimum Gasteiger partial charge on any atom is -0.375 e. The van der Waals surface area contributed by atoms with Crippen molar-refractivity contribution >= 4 is 5.91 Å². The van der Waals surface area contributed by atoms with Crippen LogP contribution in [0.25, 0.3) is 0 Å². The minimum atomic E-state index is -0.186. The summed E-state index contributed by atoms with van der Waals surface area (Å²) in [5, 5.41) is 3.26. The average Bonchev–Trinajstić information content (AvgIpc) is 2.58. The van der Waals surface area contributed by atoms with Crippen LogP contribution in [0.2, 0.25) is 0 Å². The van der Waals surface area contributed by atoms with Gasteiger partial charge < -0.3 is 15.0 Å². The fraction of sp³-hybridized carbons (Fsp3) is 0.611. The van der Waals surface area contributed by atoms with Crippen LogP contribution in [0.3, 0.4) is 0 Å². The molecule has 4 nitrogen and oxygen atoms in total. The molecule has 2 aliphatic rings. The van der Waals surface area contributed by atoms with E-state index < -0.39 is 0 Å². The largest absolute Gasteiger partial charge is 0.375 e. The van der Waals surface area contributed by atoms with Crippen molar-refractivity contribution in [3.8, 4) is 0 Å². The molecular formula is C18H25FN2O2. The van der Waals surface area contributed by atoms with Gasteiger partial charge in [0.25, 0.3) is 0 Å². The molecular weight excluding hydrogens is 295 g/mol. The Kier molecular flexibility index (Phi) is 5.62. The Labute approximate surface area is 137 Å². The first-order valence-corrected chi connectivity index (χ1v) is 8.55. The van der Waals surface area contributed by atoms with Gasteiger partial charge in [0.2, 0.25) is 5.91 Å². The molecule has 0 aromatic heterocycles. The van der Waals surface area contributed by atoms with E-state index in [2.05, 4.69) is 5.32 Å². The summed E-state index contributed by atoms with van der Waals surface area (Å²) < 4.78 is 18.5. The Balaban J connectivity index is 1.42. The third kappa shape index (κ3) is 4.75. The monoisotopic (exact) mass is 320 g/mol. The van der Waals surface area contributed by atoms with Crippen molar-refractivity contribution in [2.24, 2.45) is 5.92 Å². The maximum atomic E-state index is 12.9. The molecule has 5 heteroatoms. The second-order valence-corrected chi connectivity index (χ2v) is 6.56. The summed E-state index contributed by atoms with van der Waals surface area (Å²) in [6.07, 6.45) is 3.51. The van der Waals surface area contributed by atoms with E-state index in [1.54, 1.807) is 0 Å². The SMILES string of the molecule is O=C(CC1CNCCO1)N1CCC(Cc2ccc(F)cc2)CC1. The molecule has 0 saturated carbocycles. The molecule has 0 spiro atoms. The lowest BCUT2D eigenvalue weighted by Gasteiger charge is -2.33. The zero-order valence-corrected chi connectivity index (χ0v) is 13.5. The number of halogens is 1. The number of nitrogens with zero attached hydrogens (tertiary/aromatic N) is 1. The van der Waals surface area contributed by atoms with Crippen molar-refractivity contribution in [3.63, 3.8) is 0 Å². The van der Waals surface area contributed by atoms with Crippen molar-refractivity contribution in [2.45, 2.75) is 31.8 Å². The van der Waals surface area contributed by atoms with Gasteiger partial charge in [-0.1, -0.05) is 12.1 Å². The Bertz CT molecular complexity index is 506. The lowest BCUT2D eigenvalue weighted by atomic mass is 9.90. The number of likely N-dealkylation sites (tertiary alicyclic amines) is 1. The van der Waals surface area contributed by atoms with Gasteiger partial charge in [0.1, 0.15) is 5.82 Å². The molecule has 1 unspecified atom stereocenters. The highest BCUT2D eigenvalue weighted by molar-refractivity contribution is 5.76. The highest BCUT2D eigenvalue weighted by Crippen LogP contribution is 2.22. The molecule has 0 radical (unpaired) electrons. The van der Waals surface area contributed by atoms with E-state index >= 15 is 0 Å². The van der Waals surface area contributed by atoms with Crippen LogP contribution in [-0.2, 0) is 16.0 Å². The first kappa shape index (κ1) is 16.4. The van der Waals surface area contributed by atoms with Crippen LogP contribution >= 0.6 is 0 Å². The van der Waals surface area contributed by atoms with E-state index in [9.17, 15) is 9.18 Å². The molecule has 2 heterocycles. The summed E-state index contributed by atoms with van der Waals surface area (Å²) >= 11 is 0. The van der Waals surface area contributed by atoms with Crippen LogP contribution in [0.4, 0.5) is 4.39 Å². The van der Waals surface area contributed by atoms with Crippen LogP contribution < -0.4 is 5.32 Å². The number of carbonyl (C=O) groups excluding carboxylic acids is 1. The van der Waals surface area contributed by atoms with E-state index in [0.717, 1.165) is 45.4 Å². The lowest BCUT2D eigenvalue weighted by molar-refractivity contribution is -0.136. The molecule has 2 fully saturated rings. The molecule has 0 aliphatic carbocycles. The van der Waals surface area contributed by atoms with E-state index in [1.807, 2.05) is 17.0 Å². The van der Waals surface area contributed by atoms with Crippen molar-refractivity contribution in [2.75, 3.05) is 32.8 Å². The summed E-state index contributed by atoms with van der Waals surface area (Å²) in [5.41, 5.74) is 1.18. The van der Waals surface area contributed by atoms with Crippen molar-refractivity contribution in [1.29, 1.82) is 0 Å². The maximum Gasteiger partial charge on any atom is 0.225 e. The van der Waals surface area contributed by atoms with Crippen LogP contribution in [0.1, 0.15) is 24.8 Å². The number of ether oxygens (including phenoxy) is 1. The Morgan fingerprint density at radius 2 is 2.00 bits per heavy atom. The van der Waals surface area contributed by atoms with E-state index in [-0.39, 0.29) is 17.8 Å². The van der Waals surface area contributed by atoms with Crippen molar-refractivity contribution < 1.29 is 13.9 Å². The molecule has 23 heavy (non-hydrogen) atoms. The molecule has 1 aromatic rings. The van der Waals surface area contributed by atoms with Gasteiger partial charge >= 0.3 is 0 Å². The summed E-state index contributed by atoms with van der Waals surface area (Å²) in [6, 6.07) is 6.76. The molecule has 3 rings (SSSR count). The third-order valence-electron chi connectivity index (χ3n) is 4.81. The zero-order valence-electron chi connectivity index (χ0n) is 13.5. The normalized spacial score (nSPS) is 23.0. The van der Waals surface area contributed by atoms with Gasteiger partial charge in [0.15, 0.2) is 0 Å². The average molecular weight is 320 g/mol. The van der Waals surface area contributed by atoms with Crippen LogP contribution in [0.15, 0.2) is 24.3 Å². The first-order chi connectivity index (χ1) is 11.2. The van der Waals surface area contributed by atoms with Crippen LogP contribution in [0, 0.1) is 11.7 Å². The predicted molar refractivity (Wildman–Crippen MR) is 86.6 cm³/mol. The molecule has 2 aliphatic heterocycles. The van der Waals surface area contributed by atoms with Gasteiger partial charge in [-0.25, -0.2) is 4.39 Å². The first-order valence-electron chi connectivity index (χ1n) is 8.55. The lowest BCUT2D eigenvalue weighted by Crippen LogP contribution is -2.44. The van der Waals surface area contributed by atoms with Crippen molar-refractivity contribution in [3.05, 3.63) is 35.6 Å². The van der Waals surface area contributed by atoms with Gasteiger partial charge in [-0.15, -0.1) is 0 Å². The highest BCUT2D eigenvalue weighted by atomic mass is 19.1. The maximum absolute atomic E-state index is 12.9. The number of hydrogen-bond donors (Lipinski definition) is 1. The topological polar surface area (TPSA) is 41.6 Å². The number of nitrogens with one attached hydrogen (secondary N) is 1. The van der Waals surface area contributed by atoms with Gasteiger partial charge in [0, 0.05) is 26.2 Å². The number of carbonyl (C=O) groups is 1. The predicted octanol–water partition coefficient (Wildman–Crippen LogP) is 1.99. The number of morpholine rings is 1. The van der Waals surface area contributed by atoms with E-state index in [0.29, 0.717) is 18.9 Å². The molecule has 1 N–H and O–H groups in total. The Morgan fingerprint density at radius 3 is 2.65 bits per heavy atom. The zero-order chi connectivity index (χ0) is 16.1. The highest BCUT2D eigenvalue weighted by Gasteiger charge is 2.25. The fourth-order valence-corrected chi connectivity index (χ4v) is 3.42. The van der Waals surface area contributed by atoms with Gasteiger partial charge in [-0.05, 0) is 42.9 Å². The van der Waals surface area contributed by atoms with E-state index in [4.69, 9.17) is 4.74 Å². The second kappa shape index (κ2) is 7.88. The smallest absolute Gasteiger partial charge is 0.225 e. The number of hydrogen-bond acceptors (Lipinski definition) is 3.